The molecule has 0 bridgehead atoms. The first-order valence-electron chi connectivity index (χ1n) is 8.88. The lowest BCUT2D eigenvalue weighted by atomic mass is 10.1. The Hall–Kier alpha value is -3.22. The summed E-state index contributed by atoms with van der Waals surface area (Å²) in [6, 6.07) is 12.8. The lowest BCUT2D eigenvalue weighted by molar-refractivity contribution is -0.129. The van der Waals surface area contributed by atoms with Crippen molar-refractivity contribution in [3.05, 3.63) is 65.5 Å². The van der Waals surface area contributed by atoms with E-state index in [0.717, 1.165) is 0 Å². The number of methoxy groups -OCH3 is 1. The Morgan fingerprint density at radius 1 is 1.07 bits per heavy atom. The summed E-state index contributed by atoms with van der Waals surface area (Å²) >= 11 is 0. The molecule has 0 atom stereocenters. The van der Waals surface area contributed by atoms with Gasteiger partial charge in [0.2, 0.25) is 11.8 Å². The third-order valence-corrected chi connectivity index (χ3v) is 4.23. The van der Waals surface area contributed by atoms with Gasteiger partial charge in [0, 0.05) is 32.1 Å². The normalized spacial score (nSPS) is 10.2. The van der Waals surface area contributed by atoms with Crippen molar-refractivity contribution in [2.24, 2.45) is 0 Å². The highest BCUT2D eigenvalue weighted by Gasteiger charge is 2.13. The molecule has 6 nitrogen and oxygen atoms in total. The standard InChI is InChI=1S/C21H23FN2O4/c1-15(25)24(12-10-16-6-3-4-9-19(16)22)13-11-20(26)23-18-8-5-7-17(14-18)21(27)28-2/h3-9,14H,10-13H2,1-2H3,(H,23,26). The second kappa shape index (κ2) is 10.2. The maximum atomic E-state index is 13.7. The van der Waals surface area contributed by atoms with E-state index in [-0.39, 0.29) is 30.6 Å². The molecule has 0 heterocycles. The Bertz CT molecular complexity index is 854. The summed E-state index contributed by atoms with van der Waals surface area (Å²) in [5.74, 6) is -1.28. The fraction of sp³-hybridized carbons (Fsp3) is 0.286. The molecule has 0 radical (unpaired) electrons. The van der Waals surface area contributed by atoms with E-state index in [1.165, 1.54) is 31.1 Å². The summed E-state index contributed by atoms with van der Waals surface area (Å²) in [4.78, 5) is 37.1. The molecule has 2 rings (SSSR count). The summed E-state index contributed by atoms with van der Waals surface area (Å²) in [5, 5.41) is 2.69. The number of ether oxygens (including phenoxy) is 1. The lowest BCUT2D eigenvalue weighted by Crippen LogP contribution is -2.33. The van der Waals surface area contributed by atoms with Gasteiger partial charge in [0.25, 0.3) is 0 Å². The van der Waals surface area contributed by atoms with Crippen LogP contribution in [0.4, 0.5) is 10.1 Å². The second-order valence-electron chi connectivity index (χ2n) is 6.22. The fourth-order valence-electron chi connectivity index (χ4n) is 2.69. The minimum atomic E-state index is -0.494. The van der Waals surface area contributed by atoms with Crippen LogP contribution in [-0.2, 0) is 20.7 Å². The number of amides is 2. The van der Waals surface area contributed by atoms with E-state index in [2.05, 4.69) is 10.1 Å². The maximum absolute atomic E-state index is 13.7. The third-order valence-electron chi connectivity index (χ3n) is 4.23. The zero-order valence-corrected chi connectivity index (χ0v) is 15.9. The Labute approximate surface area is 163 Å². The van der Waals surface area contributed by atoms with Crippen molar-refractivity contribution in [3.63, 3.8) is 0 Å². The SMILES string of the molecule is COC(=O)c1cccc(NC(=O)CCN(CCc2ccccc2F)C(C)=O)c1. The number of hydrogen-bond acceptors (Lipinski definition) is 4. The van der Waals surface area contributed by atoms with E-state index in [1.54, 1.807) is 36.4 Å². The molecule has 28 heavy (non-hydrogen) atoms. The van der Waals surface area contributed by atoms with Crippen LogP contribution in [0.15, 0.2) is 48.5 Å². The van der Waals surface area contributed by atoms with Crippen molar-refractivity contribution in [2.75, 3.05) is 25.5 Å². The number of carbonyl (C=O) groups is 3. The topological polar surface area (TPSA) is 75.7 Å². The van der Waals surface area contributed by atoms with Gasteiger partial charge in [-0.15, -0.1) is 0 Å². The predicted octanol–water partition coefficient (Wildman–Crippen LogP) is 3.03. The van der Waals surface area contributed by atoms with Gasteiger partial charge < -0.3 is 15.0 Å². The molecule has 148 valence electrons. The lowest BCUT2D eigenvalue weighted by Gasteiger charge is -2.21. The van der Waals surface area contributed by atoms with E-state index in [0.29, 0.717) is 29.8 Å². The van der Waals surface area contributed by atoms with Crippen molar-refractivity contribution >= 4 is 23.5 Å². The number of benzene rings is 2. The third kappa shape index (κ3) is 6.19. The Morgan fingerprint density at radius 2 is 1.82 bits per heavy atom. The minimum absolute atomic E-state index is 0.0826. The van der Waals surface area contributed by atoms with Crippen molar-refractivity contribution in [1.82, 2.24) is 4.90 Å². The molecule has 0 aliphatic heterocycles. The van der Waals surface area contributed by atoms with E-state index in [4.69, 9.17) is 0 Å². The van der Waals surface area contributed by atoms with Crippen LogP contribution in [0.1, 0.15) is 29.3 Å². The Balaban J connectivity index is 1.89. The molecular weight excluding hydrogens is 363 g/mol. The smallest absolute Gasteiger partial charge is 0.337 e. The van der Waals surface area contributed by atoms with Gasteiger partial charge in [0.15, 0.2) is 0 Å². The summed E-state index contributed by atoms with van der Waals surface area (Å²) in [7, 11) is 1.28. The van der Waals surface area contributed by atoms with Crippen molar-refractivity contribution in [3.8, 4) is 0 Å². The van der Waals surface area contributed by atoms with Crippen molar-refractivity contribution in [2.45, 2.75) is 19.8 Å². The van der Waals surface area contributed by atoms with Crippen LogP contribution in [0.5, 0.6) is 0 Å². The zero-order chi connectivity index (χ0) is 20.5. The number of rotatable bonds is 8. The molecule has 7 heteroatoms. The molecule has 2 aromatic rings. The van der Waals surface area contributed by atoms with E-state index in [9.17, 15) is 18.8 Å². The highest BCUT2D eigenvalue weighted by molar-refractivity contribution is 5.94. The van der Waals surface area contributed by atoms with Gasteiger partial charge in [-0.3, -0.25) is 9.59 Å². The summed E-state index contributed by atoms with van der Waals surface area (Å²) < 4.78 is 18.4. The number of hydrogen-bond donors (Lipinski definition) is 1. The molecular formula is C21H23FN2O4. The molecule has 0 fully saturated rings. The van der Waals surface area contributed by atoms with Crippen LogP contribution in [0.25, 0.3) is 0 Å². The molecule has 0 unspecified atom stereocenters. The first-order valence-corrected chi connectivity index (χ1v) is 8.88. The van der Waals surface area contributed by atoms with E-state index >= 15 is 0 Å². The van der Waals surface area contributed by atoms with Gasteiger partial charge in [-0.1, -0.05) is 24.3 Å². The Kier molecular flexibility index (Phi) is 7.68. The number of nitrogens with one attached hydrogen (secondary N) is 1. The number of carbonyl (C=O) groups excluding carboxylic acids is 3. The minimum Gasteiger partial charge on any atom is -0.465 e. The molecule has 2 aromatic carbocycles. The number of halogens is 1. The molecule has 0 aliphatic rings. The van der Waals surface area contributed by atoms with Gasteiger partial charge in [-0.2, -0.15) is 0 Å². The van der Waals surface area contributed by atoms with Crippen molar-refractivity contribution < 1.29 is 23.5 Å². The molecule has 0 aliphatic carbocycles. The first-order chi connectivity index (χ1) is 13.4. The molecule has 1 N–H and O–H groups in total. The van der Waals surface area contributed by atoms with Gasteiger partial charge in [0.1, 0.15) is 5.82 Å². The second-order valence-corrected chi connectivity index (χ2v) is 6.22. The van der Waals surface area contributed by atoms with Gasteiger partial charge in [0.05, 0.1) is 12.7 Å². The highest BCUT2D eigenvalue weighted by Crippen LogP contribution is 2.12. The van der Waals surface area contributed by atoms with E-state index < -0.39 is 5.97 Å². The molecule has 0 saturated carbocycles. The van der Waals surface area contributed by atoms with Crippen LogP contribution in [-0.4, -0.2) is 42.9 Å². The number of esters is 1. The van der Waals surface area contributed by atoms with Gasteiger partial charge in [-0.25, -0.2) is 9.18 Å². The maximum Gasteiger partial charge on any atom is 0.337 e. The van der Waals surface area contributed by atoms with Gasteiger partial charge in [-0.05, 0) is 36.2 Å². The summed E-state index contributed by atoms with van der Waals surface area (Å²) in [6.45, 7) is 1.95. The average molecular weight is 386 g/mol. The van der Waals surface area contributed by atoms with Crippen LogP contribution < -0.4 is 5.32 Å². The number of anilines is 1. The largest absolute Gasteiger partial charge is 0.465 e. The monoisotopic (exact) mass is 386 g/mol. The van der Waals surface area contributed by atoms with Crippen LogP contribution >= 0.6 is 0 Å². The van der Waals surface area contributed by atoms with Crippen LogP contribution in [0, 0.1) is 5.82 Å². The Morgan fingerprint density at radius 3 is 2.50 bits per heavy atom. The summed E-state index contributed by atoms with van der Waals surface area (Å²) in [5.41, 5.74) is 1.32. The molecule has 0 saturated heterocycles. The molecule has 0 aromatic heterocycles. The fourth-order valence-corrected chi connectivity index (χ4v) is 2.69. The summed E-state index contributed by atoms with van der Waals surface area (Å²) in [6.07, 6.45) is 0.453. The molecule has 2 amide bonds. The average Bonchev–Trinajstić information content (AvgIpc) is 2.68. The van der Waals surface area contributed by atoms with Crippen LogP contribution in [0.2, 0.25) is 0 Å². The number of nitrogens with zero attached hydrogens (tertiary/aromatic N) is 1. The predicted molar refractivity (Wildman–Crippen MR) is 103 cm³/mol. The first kappa shape index (κ1) is 21.1. The quantitative estimate of drug-likeness (QED) is 0.708. The van der Waals surface area contributed by atoms with Crippen LogP contribution in [0.3, 0.4) is 0 Å². The van der Waals surface area contributed by atoms with E-state index in [1.807, 2.05) is 0 Å². The van der Waals surface area contributed by atoms with Crippen molar-refractivity contribution in [1.29, 1.82) is 0 Å². The van der Waals surface area contributed by atoms with Gasteiger partial charge >= 0.3 is 5.97 Å². The zero-order valence-electron chi connectivity index (χ0n) is 15.9. The molecule has 0 spiro atoms. The highest BCUT2D eigenvalue weighted by atomic mass is 19.1.